The third-order valence-electron chi connectivity index (χ3n) is 3.96. The normalized spacial score (nSPS) is 10.8. The minimum Gasteiger partial charge on any atom is -0.457 e. The fraction of sp³-hybridized carbons (Fsp3) is 0. The second kappa shape index (κ2) is 8.49. The number of nitrogens with one attached hydrogen (secondary N) is 1. The van der Waals surface area contributed by atoms with Gasteiger partial charge >= 0.3 is 0 Å². The van der Waals surface area contributed by atoms with Gasteiger partial charge in [-0.2, -0.15) is 5.26 Å². The summed E-state index contributed by atoms with van der Waals surface area (Å²) in [4.78, 5) is 32.8. The first kappa shape index (κ1) is 20.0. The van der Waals surface area contributed by atoms with E-state index in [4.69, 9.17) is 4.42 Å². The van der Waals surface area contributed by atoms with Crippen LogP contribution < -0.4 is 5.32 Å². The van der Waals surface area contributed by atoms with Gasteiger partial charge in [0.1, 0.15) is 23.2 Å². The van der Waals surface area contributed by atoms with Crippen molar-refractivity contribution in [1.29, 1.82) is 5.26 Å². The molecule has 0 aliphatic rings. The molecule has 1 N–H and O–H groups in total. The molecule has 0 saturated carbocycles. The Hall–Kier alpha value is -4.78. The average molecular weight is 404 g/mol. The number of benzene rings is 2. The first-order valence-corrected chi connectivity index (χ1v) is 8.39. The highest BCUT2D eigenvalue weighted by Crippen LogP contribution is 2.26. The molecule has 0 saturated heterocycles. The Morgan fingerprint density at radius 1 is 1.00 bits per heavy atom. The molecule has 1 heterocycles. The molecular formula is C20H12N4O6. The van der Waals surface area contributed by atoms with Gasteiger partial charge in [-0.25, -0.2) is 0 Å². The molecule has 0 fully saturated rings. The van der Waals surface area contributed by atoms with Crippen LogP contribution in [-0.4, -0.2) is 15.8 Å². The van der Waals surface area contributed by atoms with Crippen molar-refractivity contribution in [2.24, 2.45) is 0 Å². The maximum atomic E-state index is 12.3. The molecule has 3 aromatic rings. The van der Waals surface area contributed by atoms with Crippen molar-refractivity contribution in [2.75, 3.05) is 5.32 Å². The Morgan fingerprint density at radius 2 is 1.70 bits per heavy atom. The van der Waals surface area contributed by atoms with Crippen molar-refractivity contribution >= 4 is 29.0 Å². The first-order valence-electron chi connectivity index (χ1n) is 8.39. The minimum absolute atomic E-state index is 0.0961. The lowest BCUT2D eigenvalue weighted by Gasteiger charge is -2.03. The number of nitriles is 1. The summed E-state index contributed by atoms with van der Waals surface area (Å²) in [6.07, 6.45) is 1.22. The van der Waals surface area contributed by atoms with Crippen LogP contribution in [0.3, 0.4) is 0 Å². The van der Waals surface area contributed by atoms with E-state index >= 15 is 0 Å². The summed E-state index contributed by atoms with van der Waals surface area (Å²) in [5.74, 6) is -0.190. The van der Waals surface area contributed by atoms with E-state index in [1.54, 1.807) is 18.2 Å². The van der Waals surface area contributed by atoms with E-state index in [0.717, 1.165) is 0 Å². The first-order chi connectivity index (χ1) is 14.4. The van der Waals surface area contributed by atoms with E-state index in [9.17, 15) is 30.3 Å². The van der Waals surface area contributed by atoms with E-state index in [2.05, 4.69) is 5.32 Å². The number of carbonyl (C=O) groups is 1. The highest BCUT2D eigenvalue weighted by atomic mass is 16.6. The van der Waals surface area contributed by atoms with Crippen molar-refractivity contribution in [3.63, 3.8) is 0 Å². The zero-order valence-corrected chi connectivity index (χ0v) is 15.1. The number of non-ortho nitro benzene ring substituents is 2. The summed E-state index contributed by atoms with van der Waals surface area (Å²) < 4.78 is 5.57. The summed E-state index contributed by atoms with van der Waals surface area (Å²) in [7, 11) is 0. The van der Waals surface area contributed by atoms with Crippen molar-refractivity contribution in [3.8, 4) is 17.4 Å². The van der Waals surface area contributed by atoms with Gasteiger partial charge in [-0.15, -0.1) is 0 Å². The number of amides is 1. The number of rotatable bonds is 6. The second-order valence-corrected chi connectivity index (χ2v) is 5.94. The van der Waals surface area contributed by atoms with Crippen LogP contribution in [0.4, 0.5) is 17.1 Å². The molecule has 0 atom stereocenters. The fourth-order valence-electron chi connectivity index (χ4n) is 2.51. The van der Waals surface area contributed by atoms with Crippen LogP contribution in [0.15, 0.2) is 70.7 Å². The summed E-state index contributed by atoms with van der Waals surface area (Å²) in [5.41, 5.74) is 0.268. The van der Waals surface area contributed by atoms with Crippen LogP contribution in [0.2, 0.25) is 0 Å². The maximum absolute atomic E-state index is 12.3. The quantitative estimate of drug-likeness (QED) is 0.278. The van der Waals surface area contributed by atoms with Gasteiger partial charge in [0.2, 0.25) is 0 Å². The minimum atomic E-state index is -0.723. The molecule has 1 aromatic heterocycles. The van der Waals surface area contributed by atoms with Gasteiger partial charge in [0.05, 0.1) is 9.85 Å². The van der Waals surface area contributed by atoms with E-state index < -0.39 is 15.8 Å². The van der Waals surface area contributed by atoms with Crippen LogP contribution in [-0.2, 0) is 4.79 Å². The fourth-order valence-corrected chi connectivity index (χ4v) is 2.51. The van der Waals surface area contributed by atoms with Crippen LogP contribution in [0, 0.1) is 31.6 Å². The molecule has 0 bridgehead atoms. The van der Waals surface area contributed by atoms with Crippen molar-refractivity contribution < 1.29 is 19.1 Å². The third-order valence-corrected chi connectivity index (χ3v) is 3.96. The van der Waals surface area contributed by atoms with Crippen molar-refractivity contribution in [3.05, 3.63) is 92.2 Å². The molecule has 0 aliphatic heterocycles. The zero-order valence-electron chi connectivity index (χ0n) is 15.1. The summed E-state index contributed by atoms with van der Waals surface area (Å²) in [6.45, 7) is 0. The third kappa shape index (κ3) is 4.55. The predicted octanol–water partition coefficient (Wildman–Crippen LogP) is 4.31. The largest absolute Gasteiger partial charge is 0.457 e. The number of hydrogen-bond donors (Lipinski definition) is 1. The molecule has 3 rings (SSSR count). The van der Waals surface area contributed by atoms with Gasteiger partial charge in [0.15, 0.2) is 0 Å². The van der Waals surface area contributed by atoms with Crippen LogP contribution in [0.5, 0.6) is 0 Å². The van der Waals surface area contributed by atoms with Gasteiger partial charge in [-0.3, -0.25) is 25.0 Å². The molecule has 10 nitrogen and oxygen atoms in total. The highest BCUT2D eigenvalue weighted by molar-refractivity contribution is 6.09. The number of hydrogen-bond acceptors (Lipinski definition) is 7. The van der Waals surface area contributed by atoms with E-state index in [1.165, 1.54) is 54.6 Å². The number of nitro groups is 2. The highest BCUT2D eigenvalue weighted by Gasteiger charge is 2.14. The zero-order chi connectivity index (χ0) is 21.7. The Kier molecular flexibility index (Phi) is 5.65. The van der Waals surface area contributed by atoms with Gasteiger partial charge in [-0.05, 0) is 24.3 Å². The summed E-state index contributed by atoms with van der Waals surface area (Å²) in [6, 6.07) is 15.8. The monoisotopic (exact) mass is 404 g/mol. The number of nitrogens with zero attached hydrogens (tertiary/aromatic N) is 3. The Labute approximate surface area is 169 Å². The van der Waals surface area contributed by atoms with E-state index in [-0.39, 0.29) is 28.4 Å². The lowest BCUT2D eigenvalue weighted by Crippen LogP contribution is -2.13. The van der Waals surface area contributed by atoms with Crippen molar-refractivity contribution in [2.45, 2.75) is 0 Å². The van der Waals surface area contributed by atoms with Gasteiger partial charge in [0.25, 0.3) is 17.3 Å². The van der Waals surface area contributed by atoms with E-state index in [1.807, 2.05) is 0 Å². The van der Waals surface area contributed by atoms with Crippen LogP contribution in [0.1, 0.15) is 5.76 Å². The van der Waals surface area contributed by atoms with Gasteiger partial charge in [-0.1, -0.05) is 12.1 Å². The topological polar surface area (TPSA) is 152 Å². The smallest absolute Gasteiger partial charge is 0.270 e. The Bertz CT molecular complexity index is 1200. The standard InChI is InChI=1S/C20H12N4O6/c21-12-14(20(25)22-15-4-6-16(7-5-15)23(26)27)11-18-8-9-19(30-18)13-2-1-3-17(10-13)24(28)29/h1-11H,(H,22,25). The van der Waals surface area contributed by atoms with Crippen LogP contribution >= 0.6 is 0 Å². The molecule has 2 aromatic carbocycles. The second-order valence-electron chi connectivity index (χ2n) is 5.94. The average Bonchev–Trinajstić information content (AvgIpc) is 3.21. The molecule has 0 spiro atoms. The molecule has 0 aliphatic carbocycles. The predicted molar refractivity (Wildman–Crippen MR) is 106 cm³/mol. The molecule has 30 heavy (non-hydrogen) atoms. The Balaban J connectivity index is 1.78. The number of furan rings is 1. The molecule has 0 unspecified atom stereocenters. The lowest BCUT2D eigenvalue weighted by molar-refractivity contribution is -0.385. The van der Waals surface area contributed by atoms with Crippen molar-refractivity contribution in [1.82, 2.24) is 0 Å². The molecule has 1 amide bonds. The van der Waals surface area contributed by atoms with E-state index in [0.29, 0.717) is 11.3 Å². The number of anilines is 1. The molecular weight excluding hydrogens is 392 g/mol. The Morgan fingerprint density at radius 3 is 2.33 bits per heavy atom. The molecule has 10 heteroatoms. The molecule has 148 valence electrons. The lowest BCUT2D eigenvalue weighted by atomic mass is 10.1. The van der Waals surface area contributed by atoms with Gasteiger partial charge < -0.3 is 9.73 Å². The number of carbonyl (C=O) groups excluding carboxylic acids is 1. The number of nitro benzene ring substituents is 2. The van der Waals surface area contributed by atoms with Gasteiger partial charge in [0, 0.05) is 41.6 Å². The molecule has 0 radical (unpaired) electrons. The summed E-state index contributed by atoms with van der Waals surface area (Å²) in [5, 5.41) is 33.3. The van der Waals surface area contributed by atoms with Crippen LogP contribution in [0.25, 0.3) is 17.4 Å². The maximum Gasteiger partial charge on any atom is 0.270 e. The summed E-state index contributed by atoms with van der Waals surface area (Å²) >= 11 is 0. The SMILES string of the molecule is N#CC(=Cc1ccc(-c2cccc([N+](=O)[O-])c2)o1)C(=O)Nc1ccc([N+](=O)[O-])cc1.